The van der Waals surface area contributed by atoms with Crippen molar-refractivity contribution in [1.82, 2.24) is 4.98 Å². The number of pyridine rings is 1. The Hall–Kier alpha value is -1.35. The van der Waals surface area contributed by atoms with Crippen molar-refractivity contribution in [3.63, 3.8) is 0 Å². The maximum Gasteiger partial charge on any atom is 0.168 e. The number of rotatable bonds is 3. The minimum atomic E-state index is -0.446. The van der Waals surface area contributed by atoms with Crippen LogP contribution in [0.5, 0.6) is 0 Å². The Morgan fingerprint density at radius 3 is 2.76 bits per heavy atom. The van der Waals surface area contributed by atoms with Crippen LogP contribution in [-0.4, -0.2) is 11.5 Å². The Morgan fingerprint density at radius 2 is 2.12 bits per heavy atom. The first-order valence-electron chi connectivity index (χ1n) is 5.68. The Morgan fingerprint density at radius 1 is 1.35 bits per heavy atom. The van der Waals surface area contributed by atoms with Gasteiger partial charge in [0, 0.05) is 23.3 Å². The first kappa shape index (κ1) is 12.1. The molecule has 2 rings (SSSR count). The maximum absolute atomic E-state index is 13.9. The van der Waals surface area contributed by atoms with Gasteiger partial charge in [-0.05, 0) is 31.5 Å². The fraction of sp³-hybridized carbons (Fsp3) is 0.308. The molecule has 0 amide bonds. The zero-order valence-corrected chi connectivity index (χ0v) is 10.6. The van der Waals surface area contributed by atoms with Crippen LogP contribution in [0.1, 0.15) is 19.5 Å². The molecule has 0 saturated heterocycles. The Labute approximate surface area is 105 Å². The Balaban J connectivity index is 2.76. The molecule has 2 aromatic rings. The van der Waals surface area contributed by atoms with Gasteiger partial charge in [-0.15, -0.1) is 0 Å². The van der Waals surface area contributed by atoms with E-state index in [-0.39, 0.29) is 5.02 Å². The SMILES string of the molecule is CCNc1cc(CC)nc2c(F)c(Cl)ccc12. The molecule has 0 atom stereocenters. The standard InChI is InChI=1S/C13H14ClFN2/c1-3-8-7-11(16-4-2)9-5-6-10(14)12(15)13(9)17-8/h5-7H,3-4H2,1-2H3,(H,16,17). The van der Waals surface area contributed by atoms with Crippen LogP contribution in [-0.2, 0) is 6.42 Å². The minimum Gasteiger partial charge on any atom is -0.385 e. The van der Waals surface area contributed by atoms with Gasteiger partial charge in [-0.1, -0.05) is 18.5 Å². The quantitative estimate of drug-likeness (QED) is 0.892. The lowest BCUT2D eigenvalue weighted by Gasteiger charge is -2.10. The van der Waals surface area contributed by atoms with Crippen LogP contribution in [0.15, 0.2) is 18.2 Å². The summed E-state index contributed by atoms with van der Waals surface area (Å²) in [6, 6.07) is 5.32. The number of hydrogen-bond donors (Lipinski definition) is 1. The average Bonchev–Trinajstić information content (AvgIpc) is 2.34. The minimum absolute atomic E-state index is 0.112. The summed E-state index contributed by atoms with van der Waals surface area (Å²) in [7, 11) is 0. The molecule has 0 spiro atoms. The van der Waals surface area contributed by atoms with E-state index in [9.17, 15) is 4.39 Å². The van der Waals surface area contributed by atoms with Crippen LogP contribution in [0.2, 0.25) is 5.02 Å². The Bertz CT molecular complexity index is 555. The number of hydrogen-bond acceptors (Lipinski definition) is 2. The van der Waals surface area contributed by atoms with Crippen molar-refractivity contribution in [3.05, 3.63) is 34.7 Å². The van der Waals surface area contributed by atoms with E-state index >= 15 is 0 Å². The van der Waals surface area contributed by atoms with Crippen molar-refractivity contribution in [2.24, 2.45) is 0 Å². The van der Waals surface area contributed by atoms with Gasteiger partial charge in [-0.2, -0.15) is 0 Å². The molecule has 0 aliphatic heterocycles. The van der Waals surface area contributed by atoms with Crippen molar-refractivity contribution in [2.75, 3.05) is 11.9 Å². The Kier molecular flexibility index (Phi) is 3.48. The van der Waals surface area contributed by atoms with Gasteiger partial charge in [-0.25, -0.2) is 9.37 Å². The predicted octanol–water partition coefficient (Wildman–Crippen LogP) is 4.02. The number of fused-ring (bicyclic) bond motifs is 1. The third-order valence-corrected chi connectivity index (χ3v) is 2.95. The zero-order valence-electron chi connectivity index (χ0n) is 9.85. The molecular formula is C13H14ClFN2. The normalized spacial score (nSPS) is 10.8. The summed E-state index contributed by atoms with van der Waals surface area (Å²) >= 11 is 5.78. The van der Waals surface area contributed by atoms with E-state index in [1.807, 2.05) is 19.9 Å². The zero-order chi connectivity index (χ0) is 12.4. The molecular weight excluding hydrogens is 239 g/mol. The molecule has 1 aromatic carbocycles. The third kappa shape index (κ3) is 2.20. The predicted molar refractivity (Wildman–Crippen MR) is 70.3 cm³/mol. The highest BCUT2D eigenvalue weighted by Crippen LogP contribution is 2.29. The number of benzene rings is 1. The van der Waals surface area contributed by atoms with E-state index in [2.05, 4.69) is 10.3 Å². The lowest BCUT2D eigenvalue weighted by molar-refractivity contribution is 0.636. The molecule has 0 radical (unpaired) electrons. The van der Waals surface area contributed by atoms with Gasteiger partial charge in [0.25, 0.3) is 0 Å². The number of nitrogens with zero attached hydrogens (tertiary/aromatic N) is 1. The largest absolute Gasteiger partial charge is 0.385 e. The molecule has 1 heterocycles. The number of aromatic nitrogens is 1. The number of halogens is 2. The van der Waals surface area contributed by atoms with E-state index in [0.717, 1.165) is 29.7 Å². The first-order valence-corrected chi connectivity index (χ1v) is 6.06. The number of anilines is 1. The van der Waals surface area contributed by atoms with Gasteiger partial charge >= 0.3 is 0 Å². The topological polar surface area (TPSA) is 24.9 Å². The van der Waals surface area contributed by atoms with E-state index < -0.39 is 5.82 Å². The lowest BCUT2D eigenvalue weighted by atomic mass is 10.1. The second kappa shape index (κ2) is 4.88. The van der Waals surface area contributed by atoms with Crippen LogP contribution >= 0.6 is 11.6 Å². The van der Waals surface area contributed by atoms with Crippen LogP contribution in [0.25, 0.3) is 10.9 Å². The highest BCUT2D eigenvalue weighted by atomic mass is 35.5. The molecule has 90 valence electrons. The molecule has 0 fully saturated rings. The molecule has 0 aliphatic rings. The van der Waals surface area contributed by atoms with E-state index in [4.69, 9.17) is 11.6 Å². The third-order valence-electron chi connectivity index (χ3n) is 2.66. The van der Waals surface area contributed by atoms with Gasteiger partial charge in [0.05, 0.1) is 5.02 Å². The first-order chi connectivity index (χ1) is 8.17. The summed E-state index contributed by atoms with van der Waals surface area (Å²) in [6.07, 6.45) is 0.764. The average molecular weight is 253 g/mol. The molecule has 1 N–H and O–H groups in total. The molecule has 2 nitrogen and oxygen atoms in total. The molecule has 4 heteroatoms. The molecule has 0 aliphatic carbocycles. The summed E-state index contributed by atoms with van der Waals surface area (Å²) in [5.74, 6) is -0.446. The molecule has 17 heavy (non-hydrogen) atoms. The highest BCUT2D eigenvalue weighted by Gasteiger charge is 2.11. The van der Waals surface area contributed by atoms with Crippen molar-refractivity contribution < 1.29 is 4.39 Å². The van der Waals surface area contributed by atoms with Crippen LogP contribution in [0.3, 0.4) is 0 Å². The molecule has 1 aromatic heterocycles. The lowest BCUT2D eigenvalue weighted by Crippen LogP contribution is -2.01. The van der Waals surface area contributed by atoms with Crippen molar-refractivity contribution in [1.29, 1.82) is 0 Å². The van der Waals surface area contributed by atoms with Gasteiger partial charge in [0.15, 0.2) is 5.82 Å². The molecule has 0 unspecified atom stereocenters. The fourth-order valence-corrected chi connectivity index (χ4v) is 1.96. The van der Waals surface area contributed by atoms with Crippen molar-refractivity contribution in [2.45, 2.75) is 20.3 Å². The monoisotopic (exact) mass is 252 g/mol. The van der Waals surface area contributed by atoms with Crippen LogP contribution in [0.4, 0.5) is 10.1 Å². The molecule has 0 saturated carbocycles. The van der Waals surface area contributed by atoms with Crippen molar-refractivity contribution >= 4 is 28.2 Å². The van der Waals surface area contributed by atoms with E-state index in [1.165, 1.54) is 0 Å². The smallest absolute Gasteiger partial charge is 0.168 e. The second-order valence-electron chi connectivity index (χ2n) is 3.80. The number of nitrogens with one attached hydrogen (secondary N) is 1. The van der Waals surface area contributed by atoms with Gasteiger partial charge in [-0.3, -0.25) is 0 Å². The summed E-state index contributed by atoms with van der Waals surface area (Å²) in [5, 5.41) is 4.10. The van der Waals surface area contributed by atoms with Gasteiger partial charge in [0.1, 0.15) is 5.52 Å². The van der Waals surface area contributed by atoms with Crippen LogP contribution in [0, 0.1) is 5.82 Å². The summed E-state index contributed by atoms with van der Waals surface area (Å²) in [6.45, 7) is 4.78. The van der Waals surface area contributed by atoms with Gasteiger partial charge in [0.2, 0.25) is 0 Å². The maximum atomic E-state index is 13.9. The van der Waals surface area contributed by atoms with E-state index in [1.54, 1.807) is 12.1 Å². The number of aryl methyl sites for hydroxylation is 1. The fourth-order valence-electron chi connectivity index (χ4n) is 1.80. The highest BCUT2D eigenvalue weighted by molar-refractivity contribution is 6.31. The summed E-state index contributed by atoms with van der Waals surface area (Å²) in [5.41, 5.74) is 2.10. The van der Waals surface area contributed by atoms with E-state index in [0.29, 0.717) is 5.52 Å². The summed E-state index contributed by atoms with van der Waals surface area (Å²) < 4.78 is 13.9. The van der Waals surface area contributed by atoms with Crippen LogP contribution < -0.4 is 5.32 Å². The van der Waals surface area contributed by atoms with Crippen molar-refractivity contribution in [3.8, 4) is 0 Å². The summed E-state index contributed by atoms with van der Waals surface area (Å²) in [4.78, 5) is 4.30. The van der Waals surface area contributed by atoms with Gasteiger partial charge < -0.3 is 5.32 Å². The molecule has 0 bridgehead atoms. The second-order valence-corrected chi connectivity index (χ2v) is 4.21.